The van der Waals surface area contributed by atoms with E-state index in [0.29, 0.717) is 17.3 Å². The number of hydrogen-bond donors (Lipinski definition) is 2. The molecule has 0 spiro atoms. The monoisotopic (exact) mass is 489 g/mol. The van der Waals surface area contributed by atoms with Crippen molar-refractivity contribution in [1.29, 1.82) is 0 Å². The van der Waals surface area contributed by atoms with Crippen LogP contribution in [-0.4, -0.2) is 26.5 Å². The lowest BCUT2D eigenvalue weighted by Gasteiger charge is -2.16. The van der Waals surface area contributed by atoms with Gasteiger partial charge in [-0.1, -0.05) is 36.9 Å². The summed E-state index contributed by atoms with van der Waals surface area (Å²) in [6.45, 7) is 6.93. The lowest BCUT2D eigenvalue weighted by molar-refractivity contribution is 0.112. The molecule has 2 aromatic carbocycles. The van der Waals surface area contributed by atoms with E-state index in [4.69, 9.17) is 19.2 Å². The largest absolute Gasteiger partial charge is 0.497 e. The number of aliphatic imine (C=N–C) groups is 1. The second-order valence-corrected chi connectivity index (χ2v) is 9.10. The Hall–Kier alpha value is -3.42. The maximum atomic E-state index is 5.86. The summed E-state index contributed by atoms with van der Waals surface area (Å²) >= 11 is 1.51. The average Bonchev–Trinajstić information content (AvgIpc) is 3.42. The number of hydrogen-bond acceptors (Lipinski definition) is 7. The number of nitrogens with one attached hydrogen (secondary N) is 2. The number of allylic oxidation sites excluding steroid dienone is 6. The van der Waals surface area contributed by atoms with Crippen molar-refractivity contribution in [1.82, 2.24) is 4.72 Å². The average molecular weight is 490 g/mol. The van der Waals surface area contributed by atoms with Crippen LogP contribution in [0.4, 0.5) is 5.69 Å². The molecule has 2 N–H and O–H groups in total. The van der Waals surface area contributed by atoms with Crippen molar-refractivity contribution in [2.24, 2.45) is 4.99 Å². The van der Waals surface area contributed by atoms with E-state index in [1.54, 1.807) is 14.2 Å². The van der Waals surface area contributed by atoms with Gasteiger partial charge in [0, 0.05) is 35.4 Å². The van der Waals surface area contributed by atoms with Crippen LogP contribution in [0.25, 0.3) is 0 Å². The fourth-order valence-electron chi connectivity index (χ4n) is 3.81. The molecule has 1 unspecified atom stereocenters. The number of ether oxygens (including phenoxy) is 3. The second kappa shape index (κ2) is 11.8. The Morgan fingerprint density at radius 1 is 1.09 bits per heavy atom. The Morgan fingerprint density at radius 2 is 1.86 bits per heavy atom. The number of benzene rings is 2. The molecule has 1 fully saturated rings. The summed E-state index contributed by atoms with van der Waals surface area (Å²) < 4.78 is 20.1. The highest BCUT2D eigenvalue weighted by molar-refractivity contribution is 7.97. The normalized spacial score (nSPS) is 19.0. The molecule has 1 aliphatic heterocycles. The zero-order valence-corrected chi connectivity index (χ0v) is 21.2. The third-order valence-electron chi connectivity index (χ3n) is 5.69. The highest BCUT2D eigenvalue weighted by Crippen LogP contribution is 2.31. The van der Waals surface area contributed by atoms with Gasteiger partial charge in [-0.15, -0.1) is 0 Å². The van der Waals surface area contributed by atoms with Crippen LogP contribution in [0.5, 0.6) is 11.5 Å². The Bertz CT molecular complexity index is 1170. The minimum atomic E-state index is 0.180. The van der Waals surface area contributed by atoms with Gasteiger partial charge in [0.2, 0.25) is 0 Å². The third-order valence-corrected chi connectivity index (χ3v) is 6.47. The van der Waals surface area contributed by atoms with Gasteiger partial charge in [-0.05, 0) is 61.1 Å². The van der Waals surface area contributed by atoms with Gasteiger partial charge in [-0.25, -0.2) is 4.99 Å². The lowest BCUT2D eigenvalue weighted by Crippen LogP contribution is -2.12. The van der Waals surface area contributed by atoms with Crippen LogP contribution >= 0.6 is 11.9 Å². The third kappa shape index (κ3) is 6.59. The summed E-state index contributed by atoms with van der Waals surface area (Å²) in [5, 5.41) is 3.43. The molecule has 182 valence electrons. The van der Waals surface area contributed by atoms with Gasteiger partial charge in [-0.2, -0.15) is 0 Å². The van der Waals surface area contributed by atoms with Crippen LogP contribution in [-0.2, 0) is 4.74 Å². The molecule has 0 saturated carbocycles. The predicted molar refractivity (Wildman–Crippen MR) is 144 cm³/mol. The first-order valence-electron chi connectivity index (χ1n) is 11.5. The van der Waals surface area contributed by atoms with E-state index >= 15 is 0 Å². The summed E-state index contributed by atoms with van der Waals surface area (Å²) in [7, 11) is 3.27. The zero-order valence-electron chi connectivity index (χ0n) is 20.3. The molecule has 2 aliphatic rings. The predicted octanol–water partition coefficient (Wildman–Crippen LogP) is 6.58. The number of nitrogens with zero attached hydrogens (tertiary/aromatic N) is 1. The van der Waals surface area contributed by atoms with Crippen LogP contribution in [0, 0.1) is 0 Å². The van der Waals surface area contributed by atoms with Crippen molar-refractivity contribution >= 4 is 23.3 Å². The summed E-state index contributed by atoms with van der Waals surface area (Å²) in [6.07, 6.45) is 10.2. The first-order valence-corrected chi connectivity index (χ1v) is 12.4. The Balaban J connectivity index is 1.60. The van der Waals surface area contributed by atoms with E-state index in [9.17, 15) is 0 Å². The molecule has 35 heavy (non-hydrogen) atoms. The standard InChI is InChI=1S/C28H31N3O3S/c1-19-9-5-6-12-26(19)30-28(20(2)29-22-16-23(32-3)18-24(17-22)33-4)31-35-25-11-7-10-21(15-25)27-13-8-14-34-27/h5-7,9-12,15-18,27,29,31H,1,8,13-14H2,2-4H3/b28-20-,30-26-. The molecular weight excluding hydrogens is 458 g/mol. The first kappa shape index (κ1) is 24.7. The quantitative estimate of drug-likeness (QED) is 0.388. The molecule has 1 saturated heterocycles. The fraction of sp³-hybridized carbons (Fsp3) is 0.250. The number of anilines is 1. The molecule has 2 aromatic rings. The molecule has 0 amide bonds. The van der Waals surface area contributed by atoms with E-state index in [0.717, 1.165) is 47.0 Å². The number of methoxy groups -OCH3 is 2. The Kier molecular flexibility index (Phi) is 8.34. The Labute approximate surface area is 211 Å². The van der Waals surface area contributed by atoms with Crippen molar-refractivity contribution in [2.45, 2.75) is 30.8 Å². The minimum absolute atomic E-state index is 0.180. The van der Waals surface area contributed by atoms with Gasteiger partial charge in [0.15, 0.2) is 5.82 Å². The Morgan fingerprint density at radius 3 is 2.54 bits per heavy atom. The summed E-state index contributed by atoms with van der Waals surface area (Å²) in [5.74, 6) is 2.10. The van der Waals surface area contributed by atoms with Crippen molar-refractivity contribution in [3.63, 3.8) is 0 Å². The van der Waals surface area contributed by atoms with Gasteiger partial charge in [0.05, 0.1) is 31.7 Å². The zero-order chi connectivity index (χ0) is 24.6. The second-order valence-electron chi connectivity index (χ2n) is 8.22. The van der Waals surface area contributed by atoms with E-state index in [2.05, 4.69) is 40.9 Å². The molecule has 1 heterocycles. The van der Waals surface area contributed by atoms with E-state index < -0.39 is 0 Å². The van der Waals surface area contributed by atoms with Crippen molar-refractivity contribution in [3.8, 4) is 11.5 Å². The molecule has 1 aliphatic carbocycles. The smallest absolute Gasteiger partial charge is 0.156 e. The van der Waals surface area contributed by atoms with Crippen LogP contribution in [0.2, 0.25) is 0 Å². The fourth-order valence-corrected chi connectivity index (χ4v) is 4.56. The van der Waals surface area contributed by atoms with Crippen LogP contribution < -0.4 is 19.5 Å². The van der Waals surface area contributed by atoms with E-state index in [-0.39, 0.29) is 6.10 Å². The molecule has 4 rings (SSSR count). The lowest BCUT2D eigenvalue weighted by atomic mass is 10.1. The van der Waals surface area contributed by atoms with Crippen molar-refractivity contribution < 1.29 is 14.2 Å². The van der Waals surface area contributed by atoms with E-state index in [1.165, 1.54) is 17.5 Å². The van der Waals surface area contributed by atoms with Crippen LogP contribution in [0.1, 0.15) is 31.4 Å². The first-order chi connectivity index (χ1) is 17.1. The molecule has 0 bridgehead atoms. The maximum absolute atomic E-state index is 5.86. The van der Waals surface area contributed by atoms with Gasteiger partial charge < -0.3 is 24.2 Å². The molecule has 7 heteroatoms. The molecule has 1 atom stereocenters. The van der Waals surface area contributed by atoms with Gasteiger partial charge in [0.25, 0.3) is 0 Å². The van der Waals surface area contributed by atoms with E-state index in [1.807, 2.05) is 49.4 Å². The van der Waals surface area contributed by atoms with Crippen molar-refractivity contribution in [3.05, 3.63) is 96.0 Å². The summed E-state index contributed by atoms with van der Waals surface area (Å²) in [6, 6.07) is 14.1. The molecule has 0 radical (unpaired) electrons. The minimum Gasteiger partial charge on any atom is -0.497 e. The summed E-state index contributed by atoms with van der Waals surface area (Å²) in [5.41, 5.74) is 4.53. The SMILES string of the molecule is C=C1C=CC=C/C1=N/C(NSc1cccc(C2CCCO2)c1)=C(\C)Nc1cc(OC)cc(OC)c1. The maximum Gasteiger partial charge on any atom is 0.156 e. The molecule has 6 nitrogen and oxygen atoms in total. The summed E-state index contributed by atoms with van der Waals surface area (Å²) in [4.78, 5) is 5.98. The highest BCUT2D eigenvalue weighted by Gasteiger charge is 2.18. The van der Waals surface area contributed by atoms with Crippen LogP contribution in [0.15, 0.2) is 100 Å². The topological polar surface area (TPSA) is 64.1 Å². The highest BCUT2D eigenvalue weighted by atomic mass is 32.2. The van der Waals surface area contributed by atoms with Crippen molar-refractivity contribution in [2.75, 3.05) is 26.1 Å². The van der Waals surface area contributed by atoms with Gasteiger partial charge >= 0.3 is 0 Å². The van der Waals surface area contributed by atoms with Crippen LogP contribution in [0.3, 0.4) is 0 Å². The number of rotatable bonds is 9. The molecule has 0 aromatic heterocycles. The van der Waals surface area contributed by atoms with Gasteiger partial charge in [0.1, 0.15) is 11.5 Å². The molecular formula is C28H31N3O3S. The van der Waals surface area contributed by atoms with Gasteiger partial charge in [-0.3, -0.25) is 0 Å².